The number of hydrogen-bond acceptors (Lipinski definition) is 3. The van der Waals surface area contributed by atoms with Crippen molar-refractivity contribution in [3.63, 3.8) is 0 Å². The van der Waals surface area contributed by atoms with Crippen LogP contribution in [0.1, 0.15) is 59.6 Å². The van der Waals surface area contributed by atoms with Crippen LogP contribution in [0.4, 0.5) is 5.69 Å². The highest BCUT2D eigenvalue weighted by Crippen LogP contribution is 2.33. The largest absolute Gasteiger partial charge is 0.375 e. The zero-order valence-corrected chi connectivity index (χ0v) is 18.8. The molecule has 0 aromatic heterocycles. The minimum atomic E-state index is -0.00181. The molecule has 2 aliphatic rings. The third kappa shape index (κ3) is 4.87. The van der Waals surface area contributed by atoms with Crippen LogP contribution in [-0.4, -0.2) is 48.3 Å². The second-order valence-electron chi connectivity index (χ2n) is 8.51. The van der Waals surface area contributed by atoms with E-state index in [4.69, 9.17) is 11.6 Å². The number of nitrogens with zero attached hydrogens (tertiary/aromatic N) is 2. The lowest BCUT2D eigenvalue weighted by molar-refractivity contribution is -0.130. The average molecular weight is 440 g/mol. The van der Waals surface area contributed by atoms with Crippen LogP contribution in [0.15, 0.2) is 42.5 Å². The molecule has 1 aliphatic heterocycles. The van der Waals surface area contributed by atoms with E-state index in [2.05, 4.69) is 23.5 Å². The number of anilines is 1. The SMILES string of the molecule is CN(C(=O)CNc1cc(Cl)ccc1C(=O)N1CCCCC1)C1CCCc2ccccc21. The number of benzene rings is 2. The summed E-state index contributed by atoms with van der Waals surface area (Å²) in [6, 6.07) is 13.7. The van der Waals surface area contributed by atoms with Crippen LogP contribution in [-0.2, 0) is 11.2 Å². The normalized spacial score (nSPS) is 18.3. The summed E-state index contributed by atoms with van der Waals surface area (Å²) in [6.07, 6.45) is 6.35. The summed E-state index contributed by atoms with van der Waals surface area (Å²) in [5.74, 6) is -0.000992. The summed E-state index contributed by atoms with van der Waals surface area (Å²) >= 11 is 6.20. The molecular weight excluding hydrogens is 410 g/mol. The summed E-state index contributed by atoms with van der Waals surface area (Å²) in [7, 11) is 1.87. The lowest BCUT2D eigenvalue weighted by Gasteiger charge is -2.33. The van der Waals surface area contributed by atoms with Gasteiger partial charge in [-0.25, -0.2) is 0 Å². The van der Waals surface area contributed by atoms with Gasteiger partial charge in [-0.2, -0.15) is 0 Å². The van der Waals surface area contributed by atoms with Crippen LogP contribution >= 0.6 is 11.6 Å². The Labute approximate surface area is 189 Å². The molecule has 4 rings (SSSR count). The second kappa shape index (κ2) is 9.73. The molecule has 1 fully saturated rings. The van der Waals surface area contributed by atoms with Gasteiger partial charge in [-0.3, -0.25) is 9.59 Å². The highest BCUT2D eigenvalue weighted by molar-refractivity contribution is 6.31. The monoisotopic (exact) mass is 439 g/mol. The minimum absolute atomic E-state index is 0.000813. The maximum atomic E-state index is 13.0. The minimum Gasteiger partial charge on any atom is -0.375 e. The highest BCUT2D eigenvalue weighted by Gasteiger charge is 2.27. The van der Waals surface area contributed by atoms with Gasteiger partial charge in [0, 0.05) is 30.8 Å². The molecule has 0 radical (unpaired) electrons. The standard InChI is InChI=1S/C25H30ClN3O2/c1-28(23-11-7-9-18-8-3-4-10-20(18)23)24(30)17-27-22-16-19(26)12-13-21(22)25(31)29-14-5-2-6-15-29/h3-4,8,10,12-13,16,23,27H,2,5-7,9,11,14-15,17H2,1H3. The van der Waals surface area contributed by atoms with Gasteiger partial charge >= 0.3 is 0 Å². The summed E-state index contributed by atoms with van der Waals surface area (Å²) in [5, 5.41) is 3.74. The zero-order valence-electron chi connectivity index (χ0n) is 18.1. The fourth-order valence-corrected chi connectivity index (χ4v) is 4.89. The van der Waals surface area contributed by atoms with Crippen molar-refractivity contribution in [1.29, 1.82) is 0 Å². The molecule has 164 valence electrons. The molecule has 1 heterocycles. The maximum Gasteiger partial charge on any atom is 0.255 e. The van der Waals surface area contributed by atoms with Gasteiger partial charge in [0.1, 0.15) is 0 Å². The molecule has 1 atom stereocenters. The Balaban J connectivity index is 1.46. The zero-order chi connectivity index (χ0) is 21.8. The summed E-state index contributed by atoms with van der Waals surface area (Å²) in [6.45, 7) is 1.68. The maximum absolute atomic E-state index is 13.0. The van der Waals surface area contributed by atoms with Gasteiger partial charge in [0.25, 0.3) is 5.91 Å². The van der Waals surface area contributed by atoms with E-state index in [0.717, 1.165) is 45.2 Å². The quantitative estimate of drug-likeness (QED) is 0.719. The van der Waals surface area contributed by atoms with Crippen LogP contribution < -0.4 is 5.32 Å². The van der Waals surface area contributed by atoms with Gasteiger partial charge in [-0.1, -0.05) is 35.9 Å². The molecule has 0 bridgehead atoms. The fraction of sp³-hybridized carbons (Fsp3) is 0.440. The Morgan fingerprint density at radius 1 is 1.10 bits per heavy atom. The molecule has 6 heteroatoms. The van der Waals surface area contributed by atoms with Crippen molar-refractivity contribution in [1.82, 2.24) is 9.80 Å². The van der Waals surface area contributed by atoms with Crippen molar-refractivity contribution in [2.45, 2.75) is 44.6 Å². The summed E-state index contributed by atoms with van der Waals surface area (Å²) in [5.41, 5.74) is 3.77. The van der Waals surface area contributed by atoms with Crippen LogP contribution in [0, 0.1) is 0 Å². The van der Waals surface area contributed by atoms with E-state index >= 15 is 0 Å². The molecule has 1 saturated heterocycles. The number of rotatable bonds is 5. The van der Waals surface area contributed by atoms with Crippen molar-refractivity contribution in [2.75, 3.05) is 32.0 Å². The smallest absolute Gasteiger partial charge is 0.255 e. The number of halogens is 1. The highest BCUT2D eigenvalue weighted by atomic mass is 35.5. The molecule has 1 aliphatic carbocycles. The molecule has 5 nitrogen and oxygen atoms in total. The Morgan fingerprint density at radius 3 is 2.68 bits per heavy atom. The number of likely N-dealkylation sites (N-methyl/N-ethyl adjacent to an activating group) is 1. The topological polar surface area (TPSA) is 52.7 Å². The molecule has 1 N–H and O–H groups in total. The molecule has 2 amide bonds. The molecule has 0 saturated carbocycles. The number of piperidine rings is 1. The first kappa shape index (κ1) is 21.7. The number of aryl methyl sites for hydroxylation is 1. The Kier molecular flexibility index (Phi) is 6.81. The van der Waals surface area contributed by atoms with Gasteiger partial charge in [0.15, 0.2) is 0 Å². The molecule has 31 heavy (non-hydrogen) atoms. The lowest BCUT2D eigenvalue weighted by atomic mass is 9.87. The fourth-order valence-electron chi connectivity index (χ4n) is 4.72. The van der Waals surface area contributed by atoms with E-state index in [1.165, 1.54) is 17.5 Å². The molecular formula is C25H30ClN3O2. The van der Waals surface area contributed by atoms with E-state index in [0.29, 0.717) is 16.3 Å². The number of carbonyl (C=O) groups is 2. The van der Waals surface area contributed by atoms with E-state index in [1.54, 1.807) is 18.2 Å². The van der Waals surface area contributed by atoms with Gasteiger partial charge in [-0.05, 0) is 67.9 Å². The van der Waals surface area contributed by atoms with E-state index in [1.807, 2.05) is 22.9 Å². The van der Waals surface area contributed by atoms with Crippen molar-refractivity contribution in [3.05, 3.63) is 64.2 Å². The van der Waals surface area contributed by atoms with E-state index < -0.39 is 0 Å². The second-order valence-corrected chi connectivity index (χ2v) is 8.94. The van der Waals surface area contributed by atoms with Crippen molar-refractivity contribution in [3.8, 4) is 0 Å². The van der Waals surface area contributed by atoms with Crippen LogP contribution in [0.3, 0.4) is 0 Å². The first-order chi connectivity index (χ1) is 15.0. The molecule has 2 aromatic carbocycles. The Hall–Kier alpha value is -2.53. The summed E-state index contributed by atoms with van der Waals surface area (Å²) in [4.78, 5) is 29.8. The first-order valence-electron chi connectivity index (χ1n) is 11.2. The van der Waals surface area contributed by atoms with Crippen molar-refractivity contribution >= 4 is 29.1 Å². The number of nitrogens with one attached hydrogen (secondary N) is 1. The van der Waals surface area contributed by atoms with Crippen molar-refractivity contribution in [2.24, 2.45) is 0 Å². The predicted molar refractivity (Wildman–Crippen MR) is 125 cm³/mol. The summed E-state index contributed by atoms with van der Waals surface area (Å²) < 4.78 is 0. The van der Waals surface area contributed by atoms with Gasteiger partial charge in [0.2, 0.25) is 5.91 Å². The van der Waals surface area contributed by atoms with E-state index in [9.17, 15) is 9.59 Å². The Morgan fingerprint density at radius 2 is 1.87 bits per heavy atom. The van der Waals surface area contributed by atoms with Crippen LogP contribution in [0.2, 0.25) is 5.02 Å². The van der Waals surface area contributed by atoms with Crippen LogP contribution in [0.5, 0.6) is 0 Å². The third-order valence-corrected chi connectivity index (χ3v) is 6.72. The van der Waals surface area contributed by atoms with Gasteiger partial charge in [0.05, 0.1) is 18.2 Å². The predicted octanol–water partition coefficient (Wildman–Crippen LogP) is 4.91. The van der Waals surface area contributed by atoms with Gasteiger partial charge < -0.3 is 15.1 Å². The lowest BCUT2D eigenvalue weighted by Crippen LogP contribution is -2.38. The average Bonchev–Trinajstić information content (AvgIpc) is 2.82. The molecule has 0 spiro atoms. The van der Waals surface area contributed by atoms with Crippen molar-refractivity contribution < 1.29 is 9.59 Å². The van der Waals surface area contributed by atoms with E-state index in [-0.39, 0.29) is 24.4 Å². The van der Waals surface area contributed by atoms with Crippen LogP contribution in [0.25, 0.3) is 0 Å². The molecule has 2 aromatic rings. The third-order valence-electron chi connectivity index (χ3n) is 6.48. The number of likely N-dealkylation sites (tertiary alicyclic amines) is 1. The number of hydrogen-bond donors (Lipinski definition) is 1. The van der Waals surface area contributed by atoms with Gasteiger partial charge in [-0.15, -0.1) is 0 Å². The Bertz CT molecular complexity index is 956. The molecule has 1 unspecified atom stereocenters. The number of carbonyl (C=O) groups excluding carboxylic acids is 2. The first-order valence-corrected chi connectivity index (χ1v) is 11.6. The number of amides is 2. The number of fused-ring (bicyclic) bond motifs is 1.